The molecule has 0 bridgehead atoms. The van der Waals surface area contributed by atoms with E-state index >= 15 is 0 Å². The first-order valence-corrected chi connectivity index (χ1v) is 7.23. The third kappa shape index (κ3) is 3.55. The molecule has 20 heavy (non-hydrogen) atoms. The molecule has 0 aliphatic heterocycles. The highest BCUT2D eigenvalue weighted by Crippen LogP contribution is 2.34. The van der Waals surface area contributed by atoms with Crippen molar-refractivity contribution in [1.82, 2.24) is 4.98 Å². The summed E-state index contributed by atoms with van der Waals surface area (Å²) >= 11 is 6.54. The quantitative estimate of drug-likeness (QED) is 0.562. The maximum Gasteiger partial charge on any atom is 0.312 e. The summed E-state index contributed by atoms with van der Waals surface area (Å²) in [5, 5.41) is 11.1. The third-order valence-corrected chi connectivity index (χ3v) is 3.50. The van der Waals surface area contributed by atoms with Crippen LogP contribution in [0.4, 0.5) is 5.69 Å². The van der Waals surface area contributed by atoms with E-state index in [1.165, 1.54) is 6.07 Å². The van der Waals surface area contributed by atoms with Crippen molar-refractivity contribution in [3.63, 3.8) is 0 Å². The minimum absolute atomic E-state index is 0.0611. The van der Waals surface area contributed by atoms with Crippen molar-refractivity contribution >= 4 is 37.5 Å². The van der Waals surface area contributed by atoms with Crippen molar-refractivity contribution in [3.05, 3.63) is 60.8 Å². The van der Waals surface area contributed by atoms with E-state index in [0.29, 0.717) is 15.7 Å². The summed E-state index contributed by atoms with van der Waals surface area (Å²) in [6.45, 7) is 1.94. The first kappa shape index (κ1) is 14.9. The van der Waals surface area contributed by atoms with Crippen molar-refractivity contribution in [2.75, 3.05) is 0 Å². The van der Waals surface area contributed by atoms with Gasteiger partial charge in [-0.25, -0.2) is 0 Å². The molecule has 0 fully saturated rings. The van der Waals surface area contributed by atoms with E-state index in [9.17, 15) is 10.1 Å². The number of ether oxygens (including phenoxy) is 1. The molecule has 2 rings (SSSR count). The van der Waals surface area contributed by atoms with Crippen LogP contribution in [-0.4, -0.2) is 9.91 Å². The van der Waals surface area contributed by atoms with E-state index in [4.69, 9.17) is 4.74 Å². The van der Waals surface area contributed by atoms with Crippen molar-refractivity contribution in [2.24, 2.45) is 0 Å². The topological polar surface area (TPSA) is 65.3 Å². The minimum atomic E-state index is -0.456. The monoisotopic (exact) mass is 400 g/mol. The molecule has 1 aromatic carbocycles. The van der Waals surface area contributed by atoms with Gasteiger partial charge in [0.25, 0.3) is 0 Å². The van der Waals surface area contributed by atoms with Crippen LogP contribution in [-0.2, 0) is 6.61 Å². The molecule has 0 atom stereocenters. The van der Waals surface area contributed by atoms with Crippen LogP contribution in [0, 0.1) is 17.0 Å². The van der Waals surface area contributed by atoms with Crippen LogP contribution in [0.25, 0.3) is 0 Å². The fourth-order valence-electron chi connectivity index (χ4n) is 1.67. The average Bonchev–Trinajstić information content (AvgIpc) is 2.38. The first-order chi connectivity index (χ1) is 9.47. The second-order valence-corrected chi connectivity index (χ2v) is 5.92. The van der Waals surface area contributed by atoms with Crippen LogP contribution >= 0.6 is 31.9 Å². The maximum absolute atomic E-state index is 11.1. The van der Waals surface area contributed by atoms with Crippen molar-refractivity contribution < 1.29 is 9.66 Å². The van der Waals surface area contributed by atoms with Crippen LogP contribution in [0.5, 0.6) is 5.75 Å². The largest absolute Gasteiger partial charge is 0.480 e. The third-order valence-electron chi connectivity index (χ3n) is 2.57. The summed E-state index contributed by atoms with van der Waals surface area (Å²) in [7, 11) is 0. The number of hydrogen-bond donors (Lipinski definition) is 0. The highest BCUT2D eigenvalue weighted by atomic mass is 79.9. The Morgan fingerprint density at radius 1 is 1.30 bits per heavy atom. The zero-order valence-corrected chi connectivity index (χ0v) is 13.6. The van der Waals surface area contributed by atoms with Gasteiger partial charge in [0.2, 0.25) is 5.75 Å². The standard InChI is InChI=1S/C13H10Br2N2O3/c1-8-4-10(15)5-12(17(18)19)13(8)20-7-11-3-2-9(14)6-16-11/h2-6H,7H2,1H3. The predicted molar refractivity (Wildman–Crippen MR) is 81.8 cm³/mol. The van der Waals surface area contributed by atoms with E-state index < -0.39 is 4.92 Å². The number of nitro benzene ring substituents is 1. The number of benzene rings is 1. The van der Waals surface area contributed by atoms with Crippen LogP contribution in [0.1, 0.15) is 11.3 Å². The molecule has 0 radical (unpaired) electrons. The zero-order valence-electron chi connectivity index (χ0n) is 10.5. The minimum Gasteiger partial charge on any atom is -0.480 e. The van der Waals surface area contributed by atoms with Gasteiger partial charge < -0.3 is 4.74 Å². The molecule has 0 N–H and O–H groups in total. The Morgan fingerprint density at radius 3 is 2.65 bits per heavy atom. The predicted octanol–water partition coefficient (Wildman–Crippen LogP) is 4.40. The Hall–Kier alpha value is -1.47. The number of nitro groups is 1. The van der Waals surface area contributed by atoms with Gasteiger partial charge in [0.1, 0.15) is 6.61 Å². The van der Waals surface area contributed by atoms with Gasteiger partial charge in [-0.2, -0.15) is 0 Å². The van der Waals surface area contributed by atoms with Gasteiger partial charge in [-0.1, -0.05) is 15.9 Å². The number of halogens is 2. The lowest BCUT2D eigenvalue weighted by atomic mass is 10.2. The molecular formula is C13H10Br2N2O3. The van der Waals surface area contributed by atoms with Gasteiger partial charge >= 0.3 is 5.69 Å². The van der Waals surface area contributed by atoms with Crippen molar-refractivity contribution in [3.8, 4) is 5.75 Å². The number of aryl methyl sites for hydroxylation is 1. The lowest BCUT2D eigenvalue weighted by Crippen LogP contribution is -2.02. The van der Waals surface area contributed by atoms with Crippen molar-refractivity contribution in [1.29, 1.82) is 0 Å². The number of pyridine rings is 1. The smallest absolute Gasteiger partial charge is 0.312 e. The lowest BCUT2D eigenvalue weighted by Gasteiger charge is -2.09. The highest BCUT2D eigenvalue weighted by Gasteiger charge is 2.19. The molecule has 1 heterocycles. The molecule has 0 aliphatic rings. The molecular weight excluding hydrogens is 392 g/mol. The molecule has 2 aromatic rings. The number of nitrogens with zero attached hydrogens (tertiary/aromatic N) is 2. The Balaban J connectivity index is 2.24. The van der Waals surface area contributed by atoms with Gasteiger partial charge in [0.05, 0.1) is 10.6 Å². The Morgan fingerprint density at radius 2 is 2.05 bits per heavy atom. The molecule has 1 aromatic heterocycles. The van der Waals surface area contributed by atoms with Gasteiger partial charge in [-0.15, -0.1) is 0 Å². The summed E-state index contributed by atoms with van der Waals surface area (Å²) in [6.07, 6.45) is 1.65. The molecule has 7 heteroatoms. The number of aromatic nitrogens is 1. The molecule has 5 nitrogen and oxygen atoms in total. The Labute approximate surface area is 132 Å². The van der Waals surface area contributed by atoms with E-state index in [2.05, 4.69) is 36.8 Å². The van der Waals surface area contributed by atoms with E-state index in [1.54, 1.807) is 25.3 Å². The molecule has 0 saturated carbocycles. The van der Waals surface area contributed by atoms with Gasteiger partial charge in [-0.05, 0) is 46.6 Å². The fraction of sp³-hybridized carbons (Fsp3) is 0.154. The van der Waals surface area contributed by atoms with Crippen LogP contribution in [0.15, 0.2) is 39.4 Å². The fourth-order valence-corrected chi connectivity index (χ4v) is 2.47. The molecule has 104 valence electrons. The zero-order chi connectivity index (χ0) is 14.7. The number of rotatable bonds is 4. The molecule has 0 aliphatic carbocycles. The second kappa shape index (κ2) is 6.32. The van der Waals surface area contributed by atoms with Crippen LogP contribution in [0.2, 0.25) is 0 Å². The Kier molecular flexibility index (Phi) is 4.72. The van der Waals surface area contributed by atoms with E-state index in [0.717, 1.165) is 4.47 Å². The van der Waals surface area contributed by atoms with Crippen LogP contribution < -0.4 is 4.74 Å². The maximum atomic E-state index is 11.1. The SMILES string of the molecule is Cc1cc(Br)cc([N+](=O)[O-])c1OCc1ccc(Br)cn1. The summed E-state index contributed by atoms with van der Waals surface area (Å²) in [4.78, 5) is 14.8. The Bertz CT molecular complexity index is 645. The van der Waals surface area contributed by atoms with Crippen LogP contribution in [0.3, 0.4) is 0 Å². The summed E-state index contributed by atoms with van der Waals surface area (Å²) < 4.78 is 7.09. The molecule has 0 saturated heterocycles. The number of hydrogen-bond acceptors (Lipinski definition) is 4. The second-order valence-electron chi connectivity index (χ2n) is 4.08. The average molecular weight is 402 g/mol. The van der Waals surface area contributed by atoms with Gasteiger partial charge in [0.15, 0.2) is 0 Å². The summed E-state index contributed by atoms with van der Waals surface area (Å²) in [5.41, 5.74) is 1.34. The van der Waals surface area contributed by atoms with E-state index in [1.807, 2.05) is 6.07 Å². The van der Waals surface area contributed by atoms with Gasteiger partial charge in [0, 0.05) is 21.2 Å². The molecule has 0 amide bonds. The van der Waals surface area contributed by atoms with Gasteiger partial charge in [-0.3, -0.25) is 15.1 Å². The first-order valence-electron chi connectivity index (χ1n) is 5.65. The van der Waals surface area contributed by atoms with Crippen molar-refractivity contribution in [2.45, 2.75) is 13.5 Å². The normalized spacial score (nSPS) is 10.3. The molecule has 0 unspecified atom stereocenters. The highest BCUT2D eigenvalue weighted by molar-refractivity contribution is 9.10. The van der Waals surface area contributed by atoms with E-state index in [-0.39, 0.29) is 18.0 Å². The summed E-state index contributed by atoms with van der Waals surface area (Å²) in [6, 6.07) is 6.84. The lowest BCUT2D eigenvalue weighted by molar-refractivity contribution is -0.386. The molecule has 0 spiro atoms. The summed E-state index contributed by atoms with van der Waals surface area (Å²) in [5.74, 6) is 0.267.